The maximum absolute atomic E-state index is 11.6. The topological polar surface area (TPSA) is 55.1 Å². The molecule has 16 heavy (non-hydrogen) atoms. The van der Waals surface area contributed by atoms with Crippen molar-refractivity contribution in [2.24, 2.45) is 5.84 Å². The molecule has 0 fully saturated rings. The van der Waals surface area contributed by atoms with Crippen LogP contribution in [0.25, 0.3) is 0 Å². The molecule has 88 valence electrons. The predicted octanol–water partition coefficient (Wildman–Crippen LogP) is 2.52. The van der Waals surface area contributed by atoms with Crippen LogP contribution >= 0.6 is 11.6 Å². The van der Waals surface area contributed by atoms with Gasteiger partial charge in [-0.25, -0.2) is 5.84 Å². The minimum atomic E-state index is -0.215. The van der Waals surface area contributed by atoms with E-state index in [2.05, 4.69) is 5.43 Å². The number of carbonyl (C=O) groups is 1. The van der Waals surface area contributed by atoms with E-state index in [0.717, 1.165) is 24.0 Å². The van der Waals surface area contributed by atoms with Crippen LogP contribution in [0.1, 0.15) is 36.8 Å². The molecule has 0 radical (unpaired) electrons. The van der Waals surface area contributed by atoms with Gasteiger partial charge in [0.2, 0.25) is 5.91 Å². The molecular weight excluding hydrogens is 224 g/mol. The summed E-state index contributed by atoms with van der Waals surface area (Å²) in [5, 5.41) is 0.684. The lowest BCUT2D eigenvalue weighted by Crippen LogP contribution is -2.34. The van der Waals surface area contributed by atoms with Gasteiger partial charge in [0.05, 0.1) is 5.92 Å². The number of hydrogen-bond acceptors (Lipinski definition) is 2. The van der Waals surface area contributed by atoms with Gasteiger partial charge in [0, 0.05) is 5.02 Å². The van der Waals surface area contributed by atoms with Crippen LogP contribution in [-0.2, 0) is 4.79 Å². The summed E-state index contributed by atoms with van der Waals surface area (Å²) in [5.74, 6) is 4.80. The Kier molecular flexibility index (Phi) is 4.77. The standard InChI is InChI=1S/C12H17ClN2O/c1-3-4-10(12(16)15-14)9-6-5-8(2)11(13)7-9/h5-7,10H,3-4,14H2,1-2H3,(H,15,16). The second-order valence-corrected chi connectivity index (χ2v) is 4.27. The molecule has 1 amide bonds. The number of rotatable bonds is 4. The molecule has 4 heteroatoms. The summed E-state index contributed by atoms with van der Waals surface area (Å²) in [4.78, 5) is 11.6. The molecule has 1 unspecified atom stereocenters. The Labute approximate surface area is 101 Å². The van der Waals surface area contributed by atoms with E-state index in [1.165, 1.54) is 0 Å². The summed E-state index contributed by atoms with van der Waals surface area (Å²) in [6.07, 6.45) is 1.69. The van der Waals surface area contributed by atoms with Crippen LogP contribution in [0.2, 0.25) is 5.02 Å². The fourth-order valence-electron chi connectivity index (χ4n) is 1.66. The zero-order valence-corrected chi connectivity index (χ0v) is 10.3. The second-order valence-electron chi connectivity index (χ2n) is 3.86. The minimum Gasteiger partial charge on any atom is -0.294 e. The molecule has 3 nitrogen and oxygen atoms in total. The monoisotopic (exact) mass is 240 g/mol. The number of amides is 1. The van der Waals surface area contributed by atoms with Gasteiger partial charge in [-0.1, -0.05) is 37.1 Å². The molecule has 3 N–H and O–H groups in total. The second kappa shape index (κ2) is 5.87. The van der Waals surface area contributed by atoms with E-state index in [1.807, 2.05) is 32.0 Å². The van der Waals surface area contributed by atoms with Crippen molar-refractivity contribution in [2.45, 2.75) is 32.6 Å². The maximum atomic E-state index is 11.6. The van der Waals surface area contributed by atoms with E-state index >= 15 is 0 Å². The Morgan fingerprint density at radius 1 is 1.56 bits per heavy atom. The fraction of sp³-hybridized carbons (Fsp3) is 0.417. The first-order valence-electron chi connectivity index (χ1n) is 5.36. The highest BCUT2D eigenvalue weighted by Crippen LogP contribution is 2.26. The largest absolute Gasteiger partial charge is 0.294 e. The molecule has 0 heterocycles. The Morgan fingerprint density at radius 3 is 2.75 bits per heavy atom. The van der Waals surface area contributed by atoms with Gasteiger partial charge in [-0.05, 0) is 30.5 Å². The molecule has 1 aromatic carbocycles. The molecule has 0 bridgehead atoms. The summed E-state index contributed by atoms with van der Waals surface area (Å²) in [7, 11) is 0. The lowest BCUT2D eigenvalue weighted by atomic mass is 9.93. The highest BCUT2D eigenvalue weighted by Gasteiger charge is 2.19. The van der Waals surface area contributed by atoms with E-state index < -0.39 is 0 Å². The van der Waals surface area contributed by atoms with Gasteiger partial charge >= 0.3 is 0 Å². The average molecular weight is 241 g/mol. The number of nitrogens with two attached hydrogens (primary N) is 1. The van der Waals surface area contributed by atoms with Crippen molar-refractivity contribution in [3.63, 3.8) is 0 Å². The van der Waals surface area contributed by atoms with Crippen LogP contribution in [0.5, 0.6) is 0 Å². The van der Waals surface area contributed by atoms with E-state index in [4.69, 9.17) is 17.4 Å². The number of hydrazine groups is 1. The van der Waals surface area contributed by atoms with Crippen LogP contribution in [0.15, 0.2) is 18.2 Å². The van der Waals surface area contributed by atoms with Crippen molar-refractivity contribution in [1.82, 2.24) is 5.43 Å². The Bertz CT molecular complexity index is 379. The highest BCUT2D eigenvalue weighted by molar-refractivity contribution is 6.31. The van der Waals surface area contributed by atoms with Gasteiger partial charge in [0.15, 0.2) is 0 Å². The van der Waals surface area contributed by atoms with E-state index in [-0.39, 0.29) is 11.8 Å². The number of aryl methyl sites for hydroxylation is 1. The van der Waals surface area contributed by atoms with E-state index in [1.54, 1.807) is 0 Å². The predicted molar refractivity (Wildman–Crippen MR) is 66.2 cm³/mol. The van der Waals surface area contributed by atoms with Crippen molar-refractivity contribution in [3.05, 3.63) is 34.3 Å². The molecule has 0 saturated carbocycles. The molecule has 0 spiro atoms. The smallest absolute Gasteiger partial charge is 0.241 e. The lowest BCUT2D eigenvalue weighted by molar-refractivity contribution is -0.122. The van der Waals surface area contributed by atoms with Gasteiger partial charge in [0.1, 0.15) is 0 Å². The van der Waals surface area contributed by atoms with Gasteiger partial charge in [-0.3, -0.25) is 10.2 Å². The van der Waals surface area contributed by atoms with E-state index in [9.17, 15) is 4.79 Å². The van der Waals surface area contributed by atoms with Gasteiger partial charge < -0.3 is 0 Å². The zero-order valence-electron chi connectivity index (χ0n) is 9.59. The average Bonchev–Trinajstić information content (AvgIpc) is 2.29. The van der Waals surface area contributed by atoms with Crippen LogP contribution < -0.4 is 11.3 Å². The number of halogens is 1. The van der Waals surface area contributed by atoms with Crippen LogP contribution in [0.4, 0.5) is 0 Å². The SMILES string of the molecule is CCCC(C(=O)NN)c1ccc(C)c(Cl)c1. The molecule has 0 aliphatic carbocycles. The van der Waals surface area contributed by atoms with Crippen molar-refractivity contribution in [1.29, 1.82) is 0 Å². The van der Waals surface area contributed by atoms with Crippen LogP contribution in [-0.4, -0.2) is 5.91 Å². The molecular formula is C12H17ClN2O. The summed E-state index contributed by atoms with van der Waals surface area (Å²) in [6, 6.07) is 5.69. The molecule has 1 atom stereocenters. The molecule has 1 aromatic rings. The summed E-state index contributed by atoms with van der Waals surface area (Å²) < 4.78 is 0. The number of benzene rings is 1. The number of carbonyl (C=O) groups excluding carboxylic acids is 1. The van der Waals surface area contributed by atoms with Gasteiger partial charge in [-0.2, -0.15) is 0 Å². The van der Waals surface area contributed by atoms with Crippen LogP contribution in [0, 0.1) is 6.92 Å². The summed E-state index contributed by atoms with van der Waals surface area (Å²) in [6.45, 7) is 3.97. The maximum Gasteiger partial charge on any atom is 0.241 e. The molecule has 1 rings (SSSR count). The van der Waals surface area contributed by atoms with Crippen molar-refractivity contribution in [3.8, 4) is 0 Å². The molecule has 0 saturated heterocycles. The molecule has 0 aliphatic heterocycles. The first-order chi connectivity index (χ1) is 7.60. The normalized spacial score (nSPS) is 12.2. The lowest BCUT2D eigenvalue weighted by Gasteiger charge is -2.15. The molecule has 0 aromatic heterocycles. The van der Waals surface area contributed by atoms with E-state index in [0.29, 0.717) is 5.02 Å². The Morgan fingerprint density at radius 2 is 2.25 bits per heavy atom. The number of nitrogens with one attached hydrogen (secondary N) is 1. The molecule has 0 aliphatic rings. The van der Waals surface area contributed by atoms with Crippen molar-refractivity contribution in [2.75, 3.05) is 0 Å². The highest BCUT2D eigenvalue weighted by atomic mass is 35.5. The quantitative estimate of drug-likeness (QED) is 0.483. The van der Waals surface area contributed by atoms with Crippen LogP contribution in [0.3, 0.4) is 0 Å². The summed E-state index contributed by atoms with van der Waals surface area (Å²) >= 11 is 6.04. The van der Waals surface area contributed by atoms with Gasteiger partial charge in [-0.15, -0.1) is 0 Å². The minimum absolute atomic E-state index is 0.165. The fourth-order valence-corrected chi connectivity index (χ4v) is 1.85. The third-order valence-electron chi connectivity index (χ3n) is 2.63. The number of hydrogen-bond donors (Lipinski definition) is 2. The Hall–Kier alpha value is -1.06. The van der Waals surface area contributed by atoms with Crippen molar-refractivity contribution < 1.29 is 4.79 Å². The third-order valence-corrected chi connectivity index (χ3v) is 3.04. The van der Waals surface area contributed by atoms with Crippen molar-refractivity contribution >= 4 is 17.5 Å². The summed E-state index contributed by atoms with van der Waals surface area (Å²) in [5.41, 5.74) is 4.13. The zero-order chi connectivity index (χ0) is 12.1. The van der Waals surface area contributed by atoms with Gasteiger partial charge in [0.25, 0.3) is 0 Å². The first-order valence-corrected chi connectivity index (χ1v) is 5.74. The Balaban J connectivity index is 3.01. The first kappa shape index (κ1) is 13.0. The third kappa shape index (κ3) is 2.97.